The number of carbonyl (C=O) groups is 3. The van der Waals surface area contributed by atoms with Gasteiger partial charge < -0.3 is 39.8 Å². The predicted molar refractivity (Wildman–Crippen MR) is 412 cm³/mol. The molecule has 0 unspecified atom stereocenters. The Labute approximate surface area is 654 Å². The van der Waals surface area contributed by atoms with Crippen LogP contribution >= 0.6 is 10.7 Å². The second kappa shape index (κ2) is 36.4. The van der Waals surface area contributed by atoms with Crippen LogP contribution in [0.5, 0.6) is 17.2 Å². The number of esters is 2. The molecule has 112 heavy (non-hydrogen) atoms. The van der Waals surface area contributed by atoms with Crippen molar-refractivity contribution in [2.45, 2.75) is 131 Å². The monoisotopic (exact) mass is 1630 g/mol. The van der Waals surface area contributed by atoms with E-state index in [-0.39, 0.29) is 95.7 Å². The first-order valence-electron chi connectivity index (χ1n) is 35.0. The minimum Gasteiger partial charge on any atom is -0.480 e. The van der Waals surface area contributed by atoms with E-state index in [1.807, 2.05) is 0 Å². The molecule has 3 heterocycles. The average Bonchev–Trinajstić information content (AvgIpc) is 0.733. The molecule has 0 aromatic heterocycles. The van der Waals surface area contributed by atoms with Crippen LogP contribution in [0.15, 0.2) is 233 Å². The normalized spacial score (nSPS) is 15.9. The number of rotatable bonds is 23. The van der Waals surface area contributed by atoms with Gasteiger partial charge in [-0.1, -0.05) is 112 Å². The molecule has 9 aromatic carbocycles. The fraction of sp³-hybridized carbons (Fsp3) is 0.313. The van der Waals surface area contributed by atoms with Crippen molar-refractivity contribution in [1.29, 1.82) is 0 Å². The van der Waals surface area contributed by atoms with Crippen LogP contribution in [0.2, 0.25) is 0 Å². The molecule has 29 heteroatoms. The van der Waals surface area contributed by atoms with E-state index in [9.17, 15) is 66.0 Å². The number of hydrogen-bond acceptors (Lipinski definition) is 16. The molecule has 9 aromatic rings. The van der Waals surface area contributed by atoms with E-state index in [2.05, 4.69) is 5.32 Å². The van der Waals surface area contributed by atoms with Crippen LogP contribution < -0.4 is 25.3 Å². The van der Waals surface area contributed by atoms with Gasteiger partial charge in [0.1, 0.15) is 69.4 Å². The predicted octanol–water partition coefficient (Wildman–Crippen LogP) is 15.0. The number of carbonyl (C=O) groups excluding carboxylic acids is 2. The number of hydrogen-bond donors (Lipinski definition) is 3. The highest BCUT2D eigenvalue weighted by atomic mass is 35.7. The summed E-state index contributed by atoms with van der Waals surface area (Å²) >= 11 is 0. The molecular weight excluding hydrogens is 1540 g/mol. The Kier molecular flexibility index (Phi) is 28.6. The Morgan fingerprint density at radius 2 is 0.741 bits per heavy atom. The quantitative estimate of drug-likeness (QED) is 0.0305. The van der Waals surface area contributed by atoms with E-state index in [4.69, 9.17) is 45.2 Å². The molecule has 3 saturated heterocycles. The molecule has 0 bridgehead atoms. The first-order valence-corrected chi connectivity index (χ1v) is 40.2. The summed E-state index contributed by atoms with van der Waals surface area (Å²) in [5.41, 5.74) is 5.52. The number of sulfonamides is 2. The van der Waals surface area contributed by atoms with Crippen molar-refractivity contribution in [2.75, 3.05) is 39.3 Å². The van der Waals surface area contributed by atoms with Crippen LogP contribution in [-0.4, -0.2) is 113 Å². The number of carboxylic acids is 1. The number of aliphatic carboxylic acids is 1. The molecule has 598 valence electrons. The fourth-order valence-electron chi connectivity index (χ4n) is 12.0. The SMILES string of the molecule is C.C[C@@H](Cc1cccc(S(=O)(=O)Cl)c1)C(=O)OC(C)(C)C.C[C@@H](Cc1cccc(S(=O)(=O)N2CC(Oc3cccc(F)c3)(c3ccc(F)cc3)C2)c1)C(=O)OC(C)(C)C.Fc1ccc(C2(Oc3cccc(F)c3)CNC2)cc1.N[C@@H](Cc1cccc(S(=O)(=O)N2CC(Oc3cccc(F)c3)(c3ccc(F)cc3)C2)c1)C(=O)O. The van der Waals surface area contributed by atoms with Crippen molar-refractivity contribution in [1.82, 2.24) is 13.9 Å². The molecule has 0 saturated carbocycles. The number of nitrogens with two attached hydrogens (primary N) is 1. The van der Waals surface area contributed by atoms with E-state index < -0.39 is 98.3 Å². The summed E-state index contributed by atoms with van der Waals surface area (Å²) in [6, 6.07) is 52.0. The van der Waals surface area contributed by atoms with Gasteiger partial charge in [-0.3, -0.25) is 14.4 Å². The molecule has 0 radical (unpaired) electrons. The largest absolute Gasteiger partial charge is 0.480 e. The lowest BCUT2D eigenvalue weighted by molar-refractivity contribution is -0.160. The lowest BCUT2D eigenvalue weighted by Gasteiger charge is -2.48. The lowest BCUT2D eigenvalue weighted by atomic mass is 9.87. The Morgan fingerprint density at radius 1 is 0.446 bits per heavy atom. The van der Waals surface area contributed by atoms with Gasteiger partial charge in [-0.05, 0) is 203 Å². The Hall–Kier alpha value is -9.65. The van der Waals surface area contributed by atoms with Gasteiger partial charge in [-0.25, -0.2) is 51.6 Å². The van der Waals surface area contributed by atoms with Gasteiger partial charge in [0, 0.05) is 42.0 Å². The van der Waals surface area contributed by atoms with E-state index in [1.165, 1.54) is 154 Å². The summed E-state index contributed by atoms with van der Waals surface area (Å²) in [6.07, 6.45) is 0.691. The molecule has 4 N–H and O–H groups in total. The third kappa shape index (κ3) is 23.5. The highest BCUT2D eigenvalue weighted by Crippen LogP contribution is 2.43. The van der Waals surface area contributed by atoms with Crippen LogP contribution in [0, 0.1) is 46.7 Å². The summed E-state index contributed by atoms with van der Waals surface area (Å²) < 4.78 is 188. The highest BCUT2D eigenvalue weighted by Gasteiger charge is 2.54. The number of ether oxygens (including phenoxy) is 5. The molecule has 0 spiro atoms. The van der Waals surface area contributed by atoms with Crippen LogP contribution in [0.4, 0.5) is 26.3 Å². The second-order valence-corrected chi connectivity index (χ2v) is 35.6. The maximum absolute atomic E-state index is 13.8. The van der Waals surface area contributed by atoms with Crippen molar-refractivity contribution < 1.29 is 94.8 Å². The zero-order chi connectivity index (χ0) is 81.1. The van der Waals surface area contributed by atoms with E-state index in [1.54, 1.807) is 128 Å². The molecule has 0 aliphatic carbocycles. The van der Waals surface area contributed by atoms with Gasteiger partial charge in [-0.2, -0.15) is 8.61 Å². The van der Waals surface area contributed by atoms with E-state index in [0.29, 0.717) is 53.9 Å². The Balaban J connectivity index is 0.000000195. The minimum absolute atomic E-state index is 0. The first kappa shape index (κ1) is 87.9. The van der Waals surface area contributed by atoms with Crippen molar-refractivity contribution in [3.63, 3.8) is 0 Å². The van der Waals surface area contributed by atoms with Crippen LogP contribution in [-0.2, 0) is 89.0 Å². The zero-order valence-corrected chi connectivity index (χ0v) is 65.1. The van der Waals surface area contributed by atoms with Gasteiger partial charge >= 0.3 is 17.9 Å². The molecule has 3 fully saturated rings. The molecule has 0 amide bonds. The molecule has 19 nitrogen and oxygen atoms in total. The maximum atomic E-state index is 13.8. The molecule has 3 aliphatic heterocycles. The molecular formula is C83H89ClF6N4O15S3. The smallest absolute Gasteiger partial charge is 0.320 e. The standard InChI is InChI=1S/C29H31F2NO5S.C24H22F2N2O5S.C15H13F2NO.C14H19ClO4S.CH4/c1-20(27(33)37-28(2,3)4)15-21-7-5-10-26(16-21)38(34,35)32-18-29(19-32,22-11-13-23(30)14-12-22)36-25-9-6-8-24(31)17-25;25-18-9-7-17(8-10-18)24(33-20-5-2-4-19(26)13-20)14-28(15-24)34(31,32)21-6-1-3-16(11-21)12-22(27)23(29)30;16-12-6-4-11(5-7-12)15(9-18-10-15)19-14-3-1-2-13(17)8-14;1-10(13(16)19-14(2,3)4)8-11-6-5-7-12(9-11)20(15,17)18;/h5-14,16-17,20H,15,18-19H2,1-4H3;1-11,13,22H,12,14-15,27H2,(H,29,30);1-8,18H,9-10H2;5-7,9-10H,8H2,1-4H3;1H4/t20-;22-;;10-;/m00.0./s1. The lowest BCUT2D eigenvalue weighted by Crippen LogP contribution is -2.64. The van der Waals surface area contributed by atoms with Crippen LogP contribution in [0.1, 0.15) is 96.2 Å². The Bertz CT molecular complexity index is 5120. The fourth-order valence-corrected chi connectivity index (χ4v) is 16.1. The zero-order valence-electron chi connectivity index (χ0n) is 61.9. The summed E-state index contributed by atoms with van der Waals surface area (Å²) in [5, 5.41) is 12.2. The summed E-state index contributed by atoms with van der Waals surface area (Å²) in [5.74, 6) is -4.23. The summed E-state index contributed by atoms with van der Waals surface area (Å²) in [6.45, 7) is 15.3. The topological polar surface area (TPSA) is 265 Å². The van der Waals surface area contributed by atoms with Gasteiger partial charge in [0.05, 0.1) is 52.7 Å². The summed E-state index contributed by atoms with van der Waals surface area (Å²) in [7, 11) is -6.32. The van der Waals surface area contributed by atoms with Crippen molar-refractivity contribution in [3.8, 4) is 17.2 Å². The van der Waals surface area contributed by atoms with Gasteiger partial charge in [0.2, 0.25) is 20.0 Å². The molecule has 12 rings (SSSR count). The number of halogens is 7. The number of carboxylic acid groups (broad SMARTS) is 1. The second-order valence-electron chi connectivity index (χ2n) is 29.1. The van der Waals surface area contributed by atoms with Crippen molar-refractivity contribution >= 4 is 57.7 Å². The van der Waals surface area contributed by atoms with Gasteiger partial charge in [0.25, 0.3) is 9.05 Å². The van der Waals surface area contributed by atoms with Gasteiger partial charge in [0.15, 0.2) is 16.8 Å². The van der Waals surface area contributed by atoms with Crippen LogP contribution in [0.3, 0.4) is 0 Å². The molecule has 3 aliphatic rings. The van der Waals surface area contributed by atoms with E-state index in [0.717, 1.165) is 11.1 Å². The maximum Gasteiger partial charge on any atom is 0.320 e. The third-order valence-electron chi connectivity index (χ3n) is 17.7. The average molecular weight is 1630 g/mol. The van der Waals surface area contributed by atoms with Crippen LogP contribution in [0.25, 0.3) is 0 Å². The van der Waals surface area contributed by atoms with Gasteiger partial charge in [-0.15, -0.1) is 0 Å². The Morgan fingerprint density at radius 3 is 1.04 bits per heavy atom. The molecule has 3 atom stereocenters. The number of nitrogens with one attached hydrogen (secondary N) is 1. The van der Waals surface area contributed by atoms with E-state index >= 15 is 0 Å². The number of nitrogens with zero attached hydrogens (tertiary/aromatic N) is 2. The first-order chi connectivity index (χ1) is 52.0. The highest BCUT2D eigenvalue weighted by molar-refractivity contribution is 8.13. The summed E-state index contributed by atoms with van der Waals surface area (Å²) in [4.78, 5) is 35.4. The van der Waals surface area contributed by atoms with Crippen molar-refractivity contribution in [3.05, 3.63) is 287 Å². The van der Waals surface area contributed by atoms with Crippen molar-refractivity contribution in [2.24, 2.45) is 17.6 Å². The minimum atomic E-state index is -3.95. The number of benzene rings is 9. The third-order valence-corrected chi connectivity index (χ3v) is 22.6.